The second kappa shape index (κ2) is 9.28. The third kappa shape index (κ3) is 4.38. The number of nitrogens with zero attached hydrogens (tertiary/aromatic N) is 3. The number of hydrogen-bond acceptors (Lipinski definition) is 5. The molecule has 1 amide bonds. The summed E-state index contributed by atoms with van der Waals surface area (Å²) in [4.78, 5) is 22.6. The number of rotatable bonds is 8. The molecule has 7 heteroatoms. The minimum Gasteiger partial charge on any atom is -0.462 e. The Labute approximate surface area is 185 Å². The number of primary amides is 1. The molecule has 0 atom stereocenters. The summed E-state index contributed by atoms with van der Waals surface area (Å²) in [6.45, 7) is 3.20. The number of likely N-dealkylation sites (N-methyl/N-ethyl adjacent to an activating group) is 1. The quantitative estimate of drug-likeness (QED) is 0.452. The predicted molar refractivity (Wildman–Crippen MR) is 122 cm³/mol. The summed E-state index contributed by atoms with van der Waals surface area (Å²) in [6, 6.07) is 8.91. The van der Waals surface area contributed by atoms with E-state index >= 15 is 4.39 Å². The molecule has 0 saturated carbocycles. The predicted octanol–water partition coefficient (Wildman–Crippen LogP) is 4.15. The van der Waals surface area contributed by atoms with Crippen molar-refractivity contribution in [3.05, 3.63) is 83.3 Å². The zero-order chi connectivity index (χ0) is 22.7. The average Bonchev–Trinajstić information content (AvgIpc) is 3.27. The third-order valence-corrected chi connectivity index (χ3v) is 5.82. The first-order valence-corrected chi connectivity index (χ1v) is 10.5. The summed E-state index contributed by atoms with van der Waals surface area (Å²) in [7, 11) is 2.00. The number of carbonyl (C=O) groups excluding carboxylic acids is 1. The maximum absolute atomic E-state index is 15.8. The Morgan fingerprint density at radius 2 is 1.84 bits per heavy atom. The smallest absolute Gasteiger partial charge is 0.249 e. The van der Waals surface area contributed by atoms with Gasteiger partial charge in [-0.3, -0.25) is 14.8 Å². The third-order valence-electron chi connectivity index (χ3n) is 5.82. The van der Waals surface area contributed by atoms with Crippen LogP contribution >= 0.6 is 0 Å². The summed E-state index contributed by atoms with van der Waals surface area (Å²) >= 11 is 0. The topological polar surface area (TPSA) is 85.2 Å². The van der Waals surface area contributed by atoms with Crippen molar-refractivity contribution in [2.24, 2.45) is 5.73 Å². The van der Waals surface area contributed by atoms with E-state index < -0.39 is 5.91 Å². The molecule has 0 fully saturated rings. The minimum absolute atomic E-state index is 0.293. The molecule has 0 aliphatic carbocycles. The number of hydrogen-bond donors (Lipinski definition) is 1. The number of nitrogens with two attached hydrogens (primary N) is 1. The molecular formula is C25H25FN4O2. The number of benzene rings is 1. The summed E-state index contributed by atoms with van der Waals surface area (Å²) in [5.41, 5.74) is 10.2. The van der Waals surface area contributed by atoms with E-state index in [4.69, 9.17) is 10.2 Å². The number of pyridine rings is 2. The summed E-state index contributed by atoms with van der Waals surface area (Å²) in [5.74, 6) is -0.945. The first kappa shape index (κ1) is 21.6. The van der Waals surface area contributed by atoms with Gasteiger partial charge in [-0.25, -0.2) is 4.39 Å². The van der Waals surface area contributed by atoms with Crippen LogP contribution < -0.4 is 5.73 Å². The minimum atomic E-state index is -0.583. The van der Waals surface area contributed by atoms with E-state index in [1.165, 1.54) is 17.9 Å². The Balaban J connectivity index is 1.63. The molecule has 1 aromatic carbocycles. The van der Waals surface area contributed by atoms with Gasteiger partial charge in [0.1, 0.15) is 11.3 Å². The molecule has 4 rings (SSSR count). The highest BCUT2D eigenvalue weighted by Gasteiger charge is 2.21. The van der Waals surface area contributed by atoms with E-state index in [1.807, 2.05) is 19.2 Å². The molecule has 0 saturated heterocycles. The zero-order valence-electron chi connectivity index (χ0n) is 18.1. The van der Waals surface area contributed by atoms with Gasteiger partial charge in [-0.15, -0.1) is 0 Å². The molecule has 164 valence electrons. The van der Waals surface area contributed by atoms with Crippen LogP contribution in [0.15, 0.2) is 59.6 Å². The Hall–Kier alpha value is -3.58. The van der Waals surface area contributed by atoms with Gasteiger partial charge in [-0.05, 0) is 67.8 Å². The molecule has 0 unspecified atom stereocenters. The monoisotopic (exact) mass is 432 g/mol. The normalized spacial score (nSPS) is 11.4. The molecule has 0 radical (unpaired) electrons. The van der Waals surface area contributed by atoms with Crippen molar-refractivity contribution in [3.8, 4) is 11.1 Å². The molecule has 3 aromatic heterocycles. The van der Waals surface area contributed by atoms with E-state index in [-0.39, 0.29) is 5.82 Å². The van der Waals surface area contributed by atoms with Crippen LogP contribution in [0.2, 0.25) is 0 Å². The lowest BCUT2D eigenvalue weighted by Crippen LogP contribution is -2.25. The van der Waals surface area contributed by atoms with Crippen LogP contribution in [0.3, 0.4) is 0 Å². The van der Waals surface area contributed by atoms with Crippen molar-refractivity contribution in [1.82, 2.24) is 14.9 Å². The van der Waals surface area contributed by atoms with Gasteiger partial charge < -0.3 is 15.1 Å². The van der Waals surface area contributed by atoms with Crippen molar-refractivity contribution in [3.63, 3.8) is 0 Å². The van der Waals surface area contributed by atoms with Gasteiger partial charge in [0.25, 0.3) is 0 Å². The van der Waals surface area contributed by atoms with Gasteiger partial charge in [0.2, 0.25) is 5.91 Å². The van der Waals surface area contributed by atoms with Crippen LogP contribution in [0.5, 0.6) is 0 Å². The van der Waals surface area contributed by atoms with Gasteiger partial charge in [-0.1, -0.05) is 0 Å². The van der Waals surface area contributed by atoms with Gasteiger partial charge >= 0.3 is 0 Å². The molecule has 0 spiro atoms. The standard InChI is InChI=1S/C25H25FN4O2/c1-16-18(7-13-30(2)12-6-17-3-9-28-10-4-17)23(26)21(15-20(16)25(27)31)19-5-11-29-22-8-14-32-24(19)22/h3-5,8-11,14-15H,6-7,12-13H2,1-2H3,(H2,27,31). The van der Waals surface area contributed by atoms with Gasteiger partial charge in [0.05, 0.1) is 6.26 Å². The number of fused-ring (bicyclic) bond motifs is 1. The van der Waals surface area contributed by atoms with Crippen molar-refractivity contribution in [2.45, 2.75) is 19.8 Å². The van der Waals surface area contributed by atoms with Crippen LogP contribution in [0.4, 0.5) is 4.39 Å². The highest BCUT2D eigenvalue weighted by Crippen LogP contribution is 2.34. The SMILES string of the molecule is Cc1c(C(N)=O)cc(-c2ccnc3ccoc23)c(F)c1CCN(C)CCc1ccncc1. The van der Waals surface area contributed by atoms with Crippen LogP contribution in [0.1, 0.15) is 27.0 Å². The molecular weight excluding hydrogens is 407 g/mol. The fourth-order valence-electron chi connectivity index (χ4n) is 3.92. The van der Waals surface area contributed by atoms with Crippen LogP contribution in [0.25, 0.3) is 22.2 Å². The van der Waals surface area contributed by atoms with Crippen LogP contribution in [-0.4, -0.2) is 40.9 Å². The molecule has 0 aliphatic rings. The fourth-order valence-corrected chi connectivity index (χ4v) is 3.92. The fraction of sp³-hybridized carbons (Fsp3) is 0.240. The average molecular weight is 432 g/mol. The second-order valence-corrected chi connectivity index (χ2v) is 7.91. The first-order valence-electron chi connectivity index (χ1n) is 10.5. The van der Waals surface area contributed by atoms with Crippen molar-refractivity contribution in [2.75, 3.05) is 20.1 Å². The van der Waals surface area contributed by atoms with Gasteiger partial charge in [-0.2, -0.15) is 0 Å². The summed E-state index contributed by atoms with van der Waals surface area (Å²) in [6.07, 6.45) is 8.00. The van der Waals surface area contributed by atoms with E-state index in [1.54, 1.807) is 37.6 Å². The Bertz CT molecular complexity index is 1250. The van der Waals surface area contributed by atoms with Crippen molar-refractivity contribution in [1.29, 1.82) is 0 Å². The molecule has 2 N–H and O–H groups in total. The largest absolute Gasteiger partial charge is 0.462 e. The van der Waals surface area contributed by atoms with Gasteiger partial charge in [0.15, 0.2) is 5.58 Å². The maximum atomic E-state index is 15.8. The highest BCUT2D eigenvalue weighted by molar-refractivity contribution is 5.98. The van der Waals surface area contributed by atoms with Gasteiger partial charge in [0, 0.05) is 54.4 Å². The number of halogens is 1. The maximum Gasteiger partial charge on any atom is 0.249 e. The molecule has 3 heterocycles. The van der Waals surface area contributed by atoms with E-state index in [2.05, 4.69) is 14.9 Å². The van der Waals surface area contributed by atoms with E-state index in [0.29, 0.717) is 51.9 Å². The number of furan rings is 1. The summed E-state index contributed by atoms with van der Waals surface area (Å²) in [5, 5.41) is 0. The second-order valence-electron chi connectivity index (χ2n) is 7.91. The molecule has 6 nitrogen and oxygen atoms in total. The lowest BCUT2D eigenvalue weighted by Gasteiger charge is -2.20. The van der Waals surface area contributed by atoms with E-state index in [0.717, 1.165) is 13.0 Å². The van der Waals surface area contributed by atoms with Crippen molar-refractivity contribution < 1.29 is 13.6 Å². The van der Waals surface area contributed by atoms with Crippen molar-refractivity contribution >= 4 is 17.0 Å². The molecule has 0 aliphatic heterocycles. The molecule has 4 aromatic rings. The number of amides is 1. The molecule has 0 bridgehead atoms. The zero-order valence-corrected chi connectivity index (χ0v) is 18.1. The lowest BCUT2D eigenvalue weighted by molar-refractivity contribution is 0.0999. The number of aromatic nitrogens is 2. The Kier molecular flexibility index (Phi) is 6.28. The van der Waals surface area contributed by atoms with E-state index in [9.17, 15) is 4.79 Å². The highest BCUT2D eigenvalue weighted by atomic mass is 19.1. The Morgan fingerprint density at radius 3 is 2.59 bits per heavy atom. The molecule has 32 heavy (non-hydrogen) atoms. The lowest BCUT2D eigenvalue weighted by atomic mass is 9.92. The Morgan fingerprint density at radius 1 is 1.09 bits per heavy atom. The number of carbonyl (C=O) groups is 1. The van der Waals surface area contributed by atoms with Crippen LogP contribution in [-0.2, 0) is 12.8 Å². The van der Waals surface area contributed by atoms with Crippen LogP contribution in [0, 0.1) is 12.7 Å². The summed E-state index contributed by atoms with van der Waals surface area (Å²) < 4.78 is 21.3. The first-order chi connectivity index (χ1) is 15.5.